The number of halogens is 1. The Kier molecular flexibility index (Phi) is 5.44. The van der Waals surface area contributed by atoms with E-state index >= 15 is 0 Å². The van der Waals surface area contributed by atoms with Crippen molar-refractivity contribution in [1.82, 2.24) is 15.0 Å². The highest BCUT2D eigenvalue weighted by molar-refractivity contribution is 6.08. The lowest BCUT2D eigenvalue weighted by Gasteiger charge is -2.18. The van der Waals surface area contributed by atoms with Crippen molar-refractivity contribution in [2.24, 2.45) is 0 Å². The number of benzene rings is 2. The molecule has 4 aromatic rings. The minimum atomic E-state index is -0.402. The summed E-state index contributed by atoms with van der Waals surface area (Å²) in [7, 11) is 1.54. The SMILES string of the molecule is Cc1cc(NC(=O)CN(C)C(=O)c2cc(-c3ccc(F)cc3)nc3ccccc23)no1. The largest absolute Gasteiger partial charge is 0.360 e. The maximum absolute atomic E-state index is 13.3. The van der Waals surface area contributed by atoms with E-state index in [-0.39, 0.29) is 24.1 Å². The molecule has 2 aromatic heterocycles. The van der Waals surface area contributed by atoms with Gasteiger partial charge < -0.3 is 14.7 Å². The number of pyridine rings is 1. The second-order valence-electron chi connectivity index (χ2n) is 7.11. The van der Waals surface area contributed by atoms with Crippen molar-refractivity contribution in [1.29, 1.82) is 0 Å². The number of nitrogens with zero attached hydrogens (tertiary/aromatic N) is 3. The number of aromatic nitrogens is 2. The van der Waals surface area contributed by atoms with E-state index in [1.807, 2.05) is 12.1 Å². The molecule has 0 bridgehead atoms. The Labute approximate surface area is 177 Å². The zero-order valence-corrected chi connectivity index (χ0v) is 16.9. The monoisotopic (exact) mass is 418 g/mol. The first-order valence-electron chi connectivity index (χ1n) is 9.55. The van der Waals surface area contributed by atoms with Crippen molar-refractivity contribution in [2.75, 3.05) is 18.9 Å². The molecule has 0 aliphatic carbocycles. The van der Waals surface area contributed by atoms with Crippen LogP contribution in [-0.2, 0) is 4.79 Å². The molecule has 7 nitrogen and oxygen atoms in total. The lowest BCUT2D eigenvalue weighted by Crippen LogP contribution is -2.35. The number of para-hydroxylation sites is 1. The third-order valence-corrected chi connectivity index (χ3v) is 4.71. The van der Waals surface area contributed by atoms with Crippen LogP contribution in [0.3, 0.4) is 0 Å². The van der Waals surface area contributed by atoms with Crippen LogP contribution in [-0.4, -0.2) is 40.4 Å². The van der Waals surface area contributed by atoms with Crippen LogP contribution in [0.2, 0.25) is 0 Å². The highest BCUT2D eigenvalue weighted by Gasteiger charge is 2.20. The number of aryl methyl sites for hydroxylation is 1. The summed E-state index contributed by atoms with van der Waals surface area (Å²) in [5.41, 5.74) is 2.25. The molecule has 31 heavy (non-hydrogen) atoms. The third kappa shape index (κ3) is 4.42. The fourth-order valence-electron chi connectivity index (χ4n) is 3.22. The maximum Gasteiger partial charge on any atom is 0.254 e. The van der Waals surface area contributed by atoms with E-state index in [9.17, 15) is 14.0 Å². The van der Waals surface area contributed by atoms with Crippen molar-refractivity contribution in [2.45, 2.75) is 6.92 Å². The summed E-state index contributed by atoms with van der Waals surface area (Å²) >= 11 is 0. The number of hydrogen-bond acceptors (Lipinski definition) is 5. The Balaban J connectivity index is 1.63. The summed E-state index contributed by atoms with van der Waals surface area (Å²) in [6.45, 7) is 1.54. The van der Waals surface area contributed by atoms with Crippen molar-refractivity contribution >= 4 is 28.5 Å². The minimum absolute atomic E-state index is 0.173. The molecule has 0 aliphatic rings. The van der Waals surface area contributed by atoms with E-state index < -0.39 is 5.91 Å². The van der Waals surface area contributed by atoms with Crippen LogP contribution in [0.1, 0.15) is 16.1 Å². The van der Waals surface area contributed by atoms with Gasteiger partial charge in [0.2, 0.25) is 5.91 Å². The van der Waals surface area contributed by atoms with Gasteiger partial charge in [0.05, 0.1) is 23.3 Å². The van der Waals surface area contributed by atoms with E-state index in [2.05, 4.69) is 15.5 Å². The fraction of sp³-hybridized carbons (Fsp3) is 0.130. The van der Waals surface area contributed by atoms with Gasteiger partial charge in [0.25, 0.3) is 5.91 Å². The van der Waals surface area contributed by atoms with Gasteiger partial charge in [-0.25, -0.2) is 9.37 Å². The Hall–Kier alpha value is -4.07. The summed E-state index contributed by atoms with van der Waals surface area (Å²) in [4.78, 5) is 31.5. The molecule has 1 N–H and O–H groups in total. The number of carbonyl (C=O) groups excluding carboxylic acids is 2. The fourth-order valence-corrected chi connectivity index (χ4v) is 3.22. The van der Waals surface area contributed by atoms with Gasteiger partial charge in [-0.2, -0.15) is 0 Å². The average molecular weight is 418 g/mol. The number of anilines is 1. The molecule has 0 spiro atoms. The zero-order chi connectivity index (χ0) is 22.0. The normalized spacial score (nSPS) is 10.8. The van der Waals surface area contributed by atoms with Gasteiger partial charge in [0.15, 0.2) is 5.82 Å². The molecule has 156 valence electrons. The predicted molar refractivity (Wildman–Crippen MR) is 114 cm³/mol. The van der Waals surface area contributed by atoms with E-state index in [0.717, 1.165) is 0 Å². The summed E-state index contributed by atoms with van der Waals surface area (Å²) in [6.07, 6.45) is 0. The summed E-state index contributed by atoms with van der Waals surface area (Å²) in [6, 6.07) is 16.4. The number of likely N-dealkylation sites (N-methyl/N-ethyl adjacent to an activating group) is 1. The minimum Gasteiger partial charge on any atom is -0.360 e. The highest BCUT2D eigenvalue weighted by atomic mass is 19.1. The molecule has 0 saturated heterocycles. The number of fused-ring (bicyclic) bond motifs is 1. The molecule has 2 heterocycles. The molecule has 0 atom stereocenters. The van der Waals surface area contributed by atoms with Gasteiger partial charge in [-0.05, 0) is 43.3 Å². The molecule has 2 amide bonds. The average Bonchev–Trinajstić information content (AvgIpc) is 3.17. The molecular formula is C23H19FN4O3. The van der Waals surface area contributed by atoms with Crippen LogP contribution in [0.5, 0.6) is 0 Å². The first-order chi connectivity index (χ1) is 14.9. The standard InChI is InChI=1S/C23H19FN4O3/c1-14-11-21(27-31-14)26-22(29)13-28(2)23(30)18-12-20(15-7-9-16(24)10-8-15)25-19-6-4-3-5-17(18)19/h3-12H,13H2,1-2H3,(H,26,27,29). The van der Waals surface area contributed by atoms with Gasteiger partial charge in [0, 0.05) is 24.1 Å². The van der Waals surface area contributed by atoms with E-state index in [4.69, 9.17) is 4.52 Å². The second-order valence-corrected chi connectivity index (χ2v) is 7.11. The van der Waals surface area contributed by atoms with Crippen LogP contribution >= 0.6 is 0 Å². The van der Waals surface area contributed by atoms with Crippen LogP contribution in [0, 0.1) is 12.7 Å². The Morgan fingerprint density at radius 2 is 1.84 bits per heavy atom. The second kappa shape index (κ2) is 8.35. The first kappa shape index (κ1) is 20.2. The number of amides is 2. The Morgan fingerprint density at radius 1 is 1.10 bits per heavy atom. The Bertz CT molecular complexity index is 1270. The van der Waals surface area contributed by atoms with Gasteiger partial charge in [-0.15, -0.1) is 0 Å². The molecule has 0 radical (unpaired) electrons. The number of nitrogens with one attached hydrogen (secondary N) is 1. The maximum atomic E-state index is 13.3. The summed E-state index contributed by atoms with van der Waals surface area (Å²) in [5, 5.41) is 6.97. The van der Waals surface area contributed by atoms with Gasteiger partial charge in [-0.3, -0.25) is 9.59 Å². The predicted octanol–water partition coefficient (Wildman–Crippen LogP) is 4.05. The number of rotatable bonds is 5. The third-order valence-electron chi connectivity index (χ3n) is 4.71. The smallest absolute Gasteiger partial charge is 0.254 e. The molecule has 0 fully saturated rings. The molecule has 2 aromatic carbocycles. The number of hydrogen-bond donors (Lipinski definition) is 1. The topological polar surface area (TPSA) is 88.3 Å². The molecule has 0 unspecified atom stereocenters. The quantitative estimate of drug-likeness (QED) is 0.528. The van der Waals surface area contributed by atoms with Crippen molar-refractivity contribution < 1.29 is 18.5 Å². The van der Waals surface area contributed by atoms with Crippen molar-refractivity contribution in [3.05, 3.63) is 77.8 Å². The van der Waals surface area contributed by atoms with Gasteiger partial charge in [-0.1, -0.05) is 23.4 Å². The van der Waals surface area contributed by atoms with Crippen LogP contribution in [0.4, 0.5) is 10.2 Å². The first-order valence-corrected chi connectivity index (χ1v) is 9.55. The van der Waals surface area contributed by atoms with Crippen molar-refractivity contribution in [3.63, 3.8) is 0 Å². The molecule has 4 rings (SSSR count). The molecule has 8 heteroatoms. The van der Waals surface area contributed by atoms with Crippen molar-refractivity contribution in [3.8, 4) is 11.3 Å². The lowest BCUT2D eigenvalue weighted by atomic mass is 10.0. The molecular weight excluding hydrogens is 399 g/mol. The van der Waals surface area contributed by atoms with E-state index in [1.165, 1.54) is 17.0 Å². The summed E-state index contributed by atoms with van der Waals surface area (Å²) in [5.74, 6) is -0.240. The van der Waals surface area contributed by atoms with Gasteiger partial charge in [0.1, 0.15) is 11.6 Å². The molecule has 0 aliphatic heterocycles. The van der Waals surface area contributed by atoms with E-state index in [1.54, 1.807) is 50.4 Å². The summed E-state index contributed by atoms with van der Waals surface area (Å²) < 4.78 is 18.2. The van der Waals surface area contributed by atoms with Crippen LogP contribution in [0.25, 0.3) is 22.2 Å². The van der Waals surface area contributed by atoms with E-state index in [0.29, 0.717) is 33.5 Å². The Morgan fingerprint density at radius 3 is 2.55 bits per heavy atom. The highest BCUT2D eigenvalue weighted by Crippen LogP contribution is 2.26. The van der Waals surface area contributed by atoms with Crippen LogP contribution < -0.4 is 5.32 Å². The lowest BCUT2D eigenvalue weighted by molar-refractivity contribution is -0.116. The molecule has 0 saturated carbocycles. The van der Waals surface area contributed by atoms with Crippen LogP contribution in [0.15, 0.2) is 65.2 Å². The number of carbonyl (C=O) groups is 2. The van der Waals surface area contributed by atoms with Gasteiger partial charge >= 0.3 is 0 Å². The zero-order valence-electron chi connectivity index (χ0n) is 16.9.